The average Bonchev–Trinajstić information content (AvgIpc) is 2.26. The van der Waals surface area contributed by atoms with Crippen molar-refractivity contribution in [1.82, 2.24) is 9.97 Å². The molecule has 0 spiro atoms. The molecule has 0 amide bonds. The molecule has 2 heterocycles. The Balaban J connectivity index is 2.06. The number of nitrogen functional groups attached to an aromatic ring is 1. The SMILES string of the molecule is Cc1c(N)ncnc1NC1CCCSC1. The molecule has 1 unspecified atom stereocenters. The van der Waals surface area contributed by atoms with E-state index in [1.807, 2.05) is 18.7 Å². The van der Waals surface area contributed by atoms with Gasteiger partial charge in [0, 0.05) is 17.4 Å². The lowest BCUT2D eigenvalue weighted by Crippen LogP contribution is -2.26. The molecule has 1 aromatic heterocycles. The third kappa shape index (κ3) is 2.53. The largest absolute Gasteiger partial charge is 0.383 e. The van der Waals surface area contributed by atoms with E-state index in [9.17, 15) is 0 Å². The second kappa shape index (κ2) is 4.70. The van der Waals surface area contributed by atoms with Gasteiger partial charge in [-0.25, -0.2) is 9.97 Å². The summed E-state index contributed by atoms with van der Waals surface area (Å²) in [6, 6.07) is 0.525. The van der Waals surface area contributed by atoms with Crippen molar-refractivity contribution in [2.24, 2.45) is 0 Å². The fraction of sp³-hybridized carbons (Fsp3) is 0.600. The van der Waals surface area contributed by atoms with Crippen LogP contribution in [-0.2, 0) is 0 Å². The first kappa shape index (κ1) is 10.5. The van der Waals surface area contributed by atoms with Crippen LogP contribution in [0.2, 0.25) is 0 Å². The molecule has 4 nitrogen and oxygen atoms in total. The molecule has 0 bridgehead atoms. The summed E-state index contributed by atoms with van der Waals surface area (Å²) >= 11 is 2.00. The van der Waals surface area contributed by atoms with E-state index in [-0.39, 0.29) is 0 Å². The van der Waals surface area contributed by atoms with Crippen LogP contribution < -0.4 is 11.1 Å². The molecule has 0 aromatic carbocycles. The number of anilines is 2. The number of hydrogen-bond donors (Lipinski definition) is 2. The fourth-order valence-corrected chi connectivity index (χ4v) is 2.73. The summed E-state index contributed by atoms with van der Waals surface area (Å²) in [7, 11) is 0. The predicted octanol–water partition coefficient (Wildman–Crippen LogP) is 1.67. The molecule has 1 aromatic rings. The van der Waals surface area contributed by atoms with Crippen molar-refractivity contribution < 1.29 is 0 Å². The van der Waals surface area contributed by atoms with Gasteiger partial charge in [0.1, 0.15) is 18.0 Å². The fourth-order valence-electron chi connectivity index (χ4n) is 1.66. The molecule has 0 saturated carbocycles. The number of nitrogens with one attached hydrogen (secondary N) is 1. The Morgan fingerprint density at radius 2 is 2.40 bits per heavy atom. The Morgan fingerprint density at radius 3 is 3.13 bits per heavy atom. The summed E-state index contributed by atoms with van der Waals surface area (Å²) in [4.78, 5) is 8.18. The summed E-state index contributed by atoms with van der Waals surface area (Å²) in [5.74, 6) is 3.89. The topological polar surface area (TPSA) is 63.8 Å². The number of thioether (sulfide) groups is 1. The van der Waals surface area contributed by atoms with E-state index in [0.29, 0.717) is 11.9 Å². The molecule has 5 heteroatoms. The lowest BCUT2D eigenvalue weighted by molar-refractivity contribution is 0.681. The molecule has 1 aliphatic heterocycles. The zero-order valence-electron chi connectivity index (χ0n) is 8.86. The maximum Gasteiger partial charge on any atom is 0.134 e. The first-order valence-corrected chi connectivity index (χ1v) is 6.34. The molecule has 0 aliphatic carbocycles. The second-order valence-corrected chi connectivity index (χ2v) is 4.94. The first-order valence-electron chi connectivity index (χ1n) is 5.18. The molecule has 82 valence electrons. The van der Waals surface area contributed by atoms with E-state index in [2.05, 4.69) is 15.3 Å². The van der Waals surface area contributed by atoms with Crippen molar-refractivity contribution in [2.75, 3.05) is 22.6 Å². The second-order valence-electron chi connectivity index (χ2n) is 3.79. The maximum atomic E-state index is 5.73. The highest BCUT2D eigenvalue weighted by molar-refractivity contribution is 7.99. The van der Waals surface area contributed by atoms with E-state index < -0.39 is 0 Å². The van der Waals surface area contributed by atoms with Crippen LogP contribution in [0.5, 0.6) is 0 Å². The Labute approximate surface area is 94.1 Å². The molecular formula is C10H16N4S. The van der Waals surface area contributed by atoms with E-state index in [1.165, 1.54) is 24.9 Å². The van der Waals surface area contributed by atoms with Crippen LogP contribution in [0.15, 0.2) is 6.33 Å². The molecule has 0 radical (unpaired) electrons. The van der Waals surface area contributed by atoms with Crippen LogP contribution in [0.1, 0.15) is 18.4 Å². The highest BCUT2D eigenvalue weighted by Crippen LogP contribution is 2.22. The van der Waals surface area contributed by atoms with Gasteiger partial charge in [-0.15, -0.1) is 0 Å². The number of nitrogens with two attached hydrogens (primary N) is 1. The summed E-state index contributed by atoms with van der Waals surface area (Å²) in [6.07, 6.45) is 4.01. The Kier molecular flexibility index (Phi) is 3.30. The summed E-state index contributed by atoms with van der Waals surface area (Å²) in [5.41, 5.74) is 6.68. The van der Waals surface area contributed by atoms with Crippen LogP contribution in [-0.4, -0.2) is 27.5 Å². The Hall–Kier alpha value is -0.970. The van der Waals surface area contributed by atoms with Crippen LogP contribution in [0.4, 0.5) is 11.6 Å². The molecule has 1 aliphatic rings. The minimum atomic E-state index is 0.525. The van der Waals surface area contributed by atoms with Gasteiger partial charge in [0.2, 0.25) is 0 Å². The van der Waals surface area contributed by atoms with Gasteiger partial charge >= 0.3 is 0 Å². The number of rotatable bonds is 2. The molecule has 1 fully saturated rings. The summed E-state index contributed by atoms with van der Waals surface area (Å²) < 4.78 is 0. The van der Waals surface area contributed by atoms with E-state index in [0.717, 1.165) is 17.1 Å². The average molecular weight is 224 g/mol. The number of aromatic nitrogens is 2. The van der Waals surface area contributed by atoms with Crippen LogP contribution >= 0.6 is 11.8 Å². The standard InChI is InChI=1S/C10H16N4S/c1-7-9(11)12-6-13-10(7)14-8-3-2-4-15-5-8/h6,8H,2-5H2,1H3,(H3,11,12,13,14). The Bertz CT molecular complexity index is 336. The van der Waals surface area contributed by atoms with Gasteiger partial charge in [0.05, 0.1) is 0 Å². The zero-order valence-corrected chi connectivity index (χ0v) is 9.68. The van der Waals surface area contributed by atoms with Crippen molar-refractivity contribution >= 4 is 23.4 Å². The highest BCUT2D eigenvalue weighted by Gasteiger charge is 2.15. The van der Waals surface area contributed by atoms with Crippen molar-refractivity contribution in [3.05, 3.63) is 11.9 Å². The van der Waals surface area contributed by atoms with Gasteiger partial charge in [0.15, 0.2) is 0 Å². The highest BCUT2D eigenvalue weighted by atomic mass is 32.2. The summed E-state index contributed by atoms with van der Waals surface area (Å²) in [5, 5.41) is 3.44. The quantitative estimate of drug-likeness (QED) is 0.800. The number of nitrogens with zero attached hydrogens (tertiary/aromatic N) is 2. The minimum Gasteiger partial charge on any atom is -0.383 e. The monoisotopic (exact) mass is 224 g/mol. The number of hydrogen-bond acceptors (Lipinski definition) is 5. The van der Waals surface area contributed by atoms with Crippen LogP contribution in [0, 0.1) is 6.92 Å². The maximum absolute atomic E-state index is 5.73. The van der Waals surface area contributed by atoms with E-state index >= 15 is 0 Å². The smallest absolute Gasteiger partial charge is 0.134 e. The van der Waals surface area contributed by atoms with Crippen molar-refractivity contribution in [3.8, 4) is 0 Å². The van der Waals surface area contributed by atoms with Gasteiger partial charge in [0.25, 0.3) is 0 Å². The normalized spacial score (nSPS) is 21.3. The van der Waals surface area contributed by atoms with Gasteiger partial charge in [-0.05, 0) is 25.5 Å². The Morgan fingerprint density at radius 1 is 1.53 bits per heavy atom. The first-order chi connectivity index (χ1) is 7.27. The van der Waals surface area contributed by atoms with Crippen LogP contribution in [0.25, 0.3) is 0 Å². The third-order valence-electron chi connectivity index (χ3n) is 2.62. The van der Waals surface area contributed by atoms with Crippen molar-refractivity contribution in [1.29, 1.82) is 0 Å². The zero-order chi connectivity index (χ0) is 10.7. The summed E-state index contributed by atoms with van der Waals surface area (Å²) in [6.45, 7) is 1.95. The van der Waals surface area contributed by atoms with E-state index in [1.54, 1.807) is 0 Å². The predicted molar refractivity (Wildman–Crippen MR) is 65.2 cm³/mol. The van der Waals surface area contributed by atoms with Gasteiger partial charge in [-0.1, -0.05) is 0 Å². The molecule has 2 rings (SSSR count). The third-order valence-corrected chi connectivity index (χ3v) is 3.84. The molecular weight excluding hydrogens is 208 g/mol. The molecule has 15 heavy (non-hydrogen) atoms. The molecule has 3 N–H and O–H groups in total. The van der Waals surface area contributed by atoms with E-state index in [4.69, 9.17) is 5.73 Å². The van der Waals surface area contributed by atoms with Gasteiger partial charge in [-0.3, -0.25) is 0 Å². The van der Waals surface area contributed by atoms with Crippen molar-refractivity contribution in [2.45, 2.75) is 25.8 Å². The molecule has 1 saturated heterocycles. The van der Waals surface area contributed by atoms with Gasteiger partial charge in [-0.2, -0.15) is 11.8 Å². The molecule has 1 atom stereocenters. The lowest BCUT2D eigenvalue weighted by Gasteiger charge is -2.23. The minimum absolute atomic E-state index is 0.525. The lowest BCUT2D eigenvalue weighted by atomic mass is 10.2. The van der Waals surface area contributed by atoms with Gasteiger partial charge < -0.3 is 11.1 Å². The van der Waals surface area contributed by atoms with Crippen LogP contribution in [0.3, 0.4) is 0 Å². The van der Waals surface area contributed by atoms with Crippen molar-refractivity contribution in [3.63, 3.8) is 0 Å².